The third-order valence-electron chi connectivity index (χ3n) is 3.44. The molecular formula is C17H18ClFN2O2. The van der Waals surface area contributed by atoms with Gasteiger partial charge in [0, 0.05) is 26.3 Å². The second-order valence-corrected chi connectivity index (χ2v) is 5.72. The van der Waals surface area contributed by atoms with Crippen LogP contribution in [0.15, 0.2) is 42.5 Å². The molecule has 0 bridgehead atoms. The van der Waals surface area contributed by atoms with Crippen LogP contribution in [0.4, 0.5) is 10.1 Å². The van der Waals surface area contributed by atoms with Gasteiger partial charge in [0.05, 0.1) is 16.7 Å². The lowest BCUT2D eigenvalue weighted by molar-refractivity contribution is 0.0912. The number of benzene rings is 2. The highest BCUT2D eigenvalue weighted by atomic mass is 35.5. The Hall–Kier alpha value is -2.11. The molecule has 1 unspecified atom stereocenters. The van der Waals surface area contributed by atoms with Gasteiger partial charge in [0.1, 0.15) is 5.82 Å². The summed E-state index contributed by atoms with van der Waals surface area (Å²) in [7, 11) is 3.84. The minimum atomic E-state index is -0.888. The number of aliphatic hydroxyl groups is 1. The van der Waals surface area contributed by atoms with E-state index >= 15 is 0 Å². The molecule has 0 aliphatic rings. The van der Waals surface area contributed by atoms with Gasteiger partial charge in [0.15, 0.2) is 0 Å². The van der Waals surface area contributed by atoms with Crippen molar-refractivity contribution < 1.29 is 14.3 Å². The first kappa shape index (κ1) is 17.2. The predicted molar refractivity (Wildman–Crippen MR) is 89.5 cm³/mol. The molecule has 23 heavy (non-hydrogen) atoms. The Kier molecular flexibility index (Phi) is 5.58. The average molecular weight is 337 g/mol. The number of anilines is 1. The van der Waals surface area contributed by atoms with Crippen LogP contribution in [0.3, 0.4) is 0 Å². The quantitative estimate of drug-likeness (QED) is 0.882. The Bertz CT molecular complexity index is 669. The molecule has 4 nitrogen and oxygen atoms in total. The van der Waals surface area contributed by atoms with E-state index in [0.717, 1.165) is 11.8 Å². The van der Waals surface area contributed by atoms with Crippen molar-refractivity contribution >= 4 is 23.2 Å². The van der Waals surface area contributed by atoms with Gasteiger partial charge in [0.2, 0.25) is 0 Å². The van der Waals surface area contributed by atoms with Crippen molar-refractivity contribution in [2.75, 3.05) is 25.5 Å². The summed E-state index contributed by atoms with van der Waals surface area (Å²) in [5.41, 5.74) is 1.45. The maximum Gasteiger partial charge on any atom is 0.255 e. The molecule has 0 aromatic heterocycles. The molecule has 1 atom stereocenters. The van der Waals surface area contributed by atoms with E-state index in [2.05, 4.69) is 5.32 Å². The fourth-order valence-electron chi connectivity index (χ4n) is 2.10. The summed E-state index contributed by atoms with van der Waals surface area (Å²) in [6, 6.07) is 11.3. The number of aliphatic hydroxyl groups excluding tert-OH is 1. The first-order valence-electron chi connectivity index (χ1n) is 7.07. The normalized spacial score (nSPS) is 11.9. The molecule has 2 rings (SSSR count). The third kappa shape index (κ3) is 4.21. The Morgan fingerprint density at radius 1 is 1.26 bits per heavy atom. The molecule has 2 aromatic carbocycles. The van der Waals surface area contributed by atoms with E-state index in [1.54, 1.807) is 12.1 Å². The Balaban J connectivity index is 2.01. The topological polar surface area (TPSA) is 52.6 Å². The SMILES string of the molecule is CN(C)c1ccc(C(O)CNC(=O)c2c(F)cccc2Cl)cc1. The summed E-state index contributed by atoms with van der Waals surface area (Å²) in [6.45, 7) is -0.0369. The maximum atomic E-state index is 13.7. The number of halogens is 2. The van der Waals surface area contributed by atoms with Crippen molar-refractivity contribution in [1.29, 1.82) is 0 Å². The van der Waals surface area contributed by atoms with Gasteiger partial charge in [-0.05, 0) is 29.8 Å². The number of hydrogen-bond donors (Lipinski definition) is 2. The molecule has 2 aromatic rings. The Labute approximate surface area is 139 Å². The standard InChI is InChI=1S/C17H18ClFN2O2/c1-21(2)12-8-6-11(7-9-12)15(22)10-20-17(23)16-13(18)4-3-5-14(16)19/h3-9,15,22H,10H2,1-2H3,(H,20,23). The highest BCUT2D eigenvalue weighted by Gasteiger charge is 2.17. The van der Waals surface area contributed by atoms with Crippen LogP contribution in [0.25, 0.3) is 0 Å². The van der Waals surface area contributed by atoms with E-state index in [1.807, 2.05) is 31.1 Å². The van der Waals surface area contributed by atoms with Crippen LogP contribution in [0.2, 0.25) is 5.02 Å². The van der Waals surface area contributed by atoms with E-state index in [-0.39, 0.29) is 17.1 Å². The van der Waals surface area contributed by atoms with Gasteiger partial charge in [-0.25, -0.2) is 4.39 Å². The van der Waals surface area contributed by atoms with E-state index < -0.39 is 17.8 Å². The van der Waals surface area contributed by atoms with Crippen LogP contribution >= 0.6 is 11.6 Å². The molecule has 0 saturated heterocycles. The highest BCUT2D eigenvalue weighted by molar-refractivity contribution is 6.33. The molecule has 2 N–H and O–H groups in total. The number of carbonyl (C=O) groups excluding carboxylic acids is 1. The molecule has 6 heteroatoms. The number of amides is 1. The van der Waals surface area contributed by atoms with E-state index in [9.17, 15) is 14.3 Å². The Morgan fingerprint density at radius 3 is 2.48 bits per heavy atom. The first-order valence-corrected chi connectivity index (χ1v) is 7.45. The number of nitrogens with one attached hydrogen (secondary N) is 1. The van der Waals surface area contributed by atoms with Crippen molar-refractivity contribution in [3.8, 4) is 0 Å². The van der Waals surface area contributed by atoms with E-state index in [0.29, 0.717) is 5.56 Å². The maximum absolute atomic E-state index is 13.7. The highest BCUT2D eigenvalue weighted by Crippen LogP contribution is 2.20. The molecule has 0 aliphatic heterocycles. The number of hydrogen-bond acceptors (Lipinski definition) is 3. The summed E-state index contributed by atoms with van der Waals surface area (Å²) < 4.78 is 13.7. The monoisotopic (exact) mass is 336 g/mol. The van der Waals surface area contributed by atoms with E-state index in [4.69, 9.17) is 11.6 Å². The summed E-state index contributed by atoms with van der Waals surface area (Å²) in [4.78, 5) is 14.0. The van der Waals surface area contributed by atoms with Crippen LogP contribution in [-0.4, -0.2) is 31.7 Å². The summed E-state index contributed by atoms with van der Waals surface area (Å²) in [6.07, 6.45) is -0.888. The summed E-state index contributed by atoms with van der Waals surface area (Å²) >= 11 is 5.84. The van der Waals surface area contributed by atoms with E-state index in [1.165, 1.54) is 12.1 Å². The molecule has 0 heterocycles. The van der Waals surface area contributed by atoms with Gasteiger partial charge in [0.25, 0.3) is 5.91 Å². The van der Waals surface area contributed by atoms with Crippen LogP contribution in [-0.2, 0) is 0 Å². The Morgan fingerprint density at radius 2 is 1.91 bits per heavy atom. The van der Waals surface area contributed by atoms with Crippen LogP contribution in [0, 0.1) is 5.82 Å². The molecule has 0 spiro atoms. The lowest BCUT2D eigenvalue weighted by Crippen LogP contribution is -2.29. The minimum absolute atomic E-state index is 0.0346. The molecule has 0 saturated carbocycles. The average Bonchev–Trinajstić information content (AvgIpc) is 2.52. The predicted octanol–water partition coefficient (Wildman–Crippen LogP) is 3.01. The molecule has 0 fully saturated rings. The lowest BCUT2D eigenvalue weighted by atomic mass is 10.1. The second kappa shape index (κ2) is 7.44. The lowest BCUT2D eigenvalue weighted by Gasteiger charge is -2.16. The van der Waals surface area contributed by atoms with Gasteiger partial charge in [-0.15, -0.1) is 0 Å². The van der Waals surface area contributed by atoms with Crippen molar-refractivity contribution in [3.05, 3.63) is 64.4 Å². The zero-order chi connectivity index (χ0) is 17.0. The molecule has 122 valence electrons. The molecule has 0 radical (unpaired) electrons. The fraction of sp³-hybridized carbons (Fsp3) is 0.235. The third-order valence-corrected chi connectivity index (χ3v) is 3.76. The summed E-state index contributed by atoms with van der Waals surface area (Å²) in [5.74, 6) is -1.35. The van der Waals surface area contributed by atoms with Crippen LogP contribution < -0.4 is 10.2 Å². The number of rotatable bonds is 5. The minimum Gasteiger partial charge on any atom is -0.387 e. The van der Waals surface area contributed by atoms with Crippen molar-refractivity contribution in [3.63, 3.8) is 0 Å². The van der Waals surface area contributed by atoms with Crippen molar-refractivity contribution in [1.82, 2.24) is 5.32 Å². The van der Waals surface area contributed by atoms with Gasteiger partial charge in [-0.3, -0.25) is 4.79 Å². The molecule has 0 aliphatic carbocycles. The van der Waals surface area contributed by atoms with Gasteiger partial charge < -0.3 is 15.3 Å². The molecular weight excluding hydrogens is 319 g/mol. The van der Waals surface area contributed by atoms with Crippen molar-refractivity contribution in [2.45, 2.75) is 6.10 Å². The zero-order valence-corrected chi connectivity index (χ0v) is 13.6. The second-order valence-electron chi connectivity index (χ2n) is 5.31. The summed E-state index contributed by atoms with van der Waals surface area (Å²) in [5, 5.41) is 12.7. The van der Waals surface area contributed by atoms with Gasteiger partial charge >= 0.3 is 0 Å². The zero-order valence-electron chi connectivity index (χ0n) is 12.9. The van der Waals surface area contributed by atoms with Gasteiger partial charge in [-0.1, -0.05) is 29.8 Å². The smallest absolute Gasteiger partial charge is 0.255 e. The number of nitrogens with zero attached hydrogens (tertiary/aromatic N) is 1. The van der Waals surface area contributed by atoms with Crippen molar-refractivity contribution in [2.24, 2.45) is 0 Å². The van der Waals surface area contributed by atoms with Crippen LogP contribution in [0.1, 0.15) is 22.0 Å². The fourth-order valence-corrected chi connectivity index (χ4v) is 2.35. The largest absolute Gasteiger partial charge is 0.387 e. The van der Waals surface area contributed by atoms with Crippen LogP contribution in [0.5, 0.6) is 0 Å². The van der Waals surface area contributed by atoms with Gasteiger partial charge in [-0.2, -0.15) is 0 Å². The number of carbonyl (C=O) groups is 1. The molecule has 1 amide bonds. The first-order chi connectivity index (χ1) is 10.9.